The van der Waals surface area contributed by atoms with Crippen LogP contribution in [0.5, 0.6) is 0 Å². The van der Waals surface area contributed by atoms with Crippen molar-refractivity contribution in [3.63, 3.8) is 0 Å². The van der Waals surface area contributed by atoms with E-state index in [1.165, 1.54) is 17.5 Å². The van der Waals surface area contributed by atoms with Crippen LogP contribution >= 0.6 is 0 Å². The second-order valence-corrected chi connectivity index (χ2v) is 5.25. The molecule has 1 atom stereocenters. The molecule has 0 saturated heterocycles. The Balaban J connectivity index is 1.85. The van der Waals surface area contributed by atoms with Gasteiger partial charge in [-0.25, -0.2) is 9.78 Å². The molecule has 0 fully saturated rings. The minimum Gasteiger partial charge on any atom is -0.476 e. The molecule has 0 unspecified atom stereocenters. The van der Waals surface area contributed by atoms with Crippen LogP contribution in [0.4, 0.5) is 5.69 Å². The molecule has 1 aliphatic heterocycles. The number of rotatable bonds is 3. The number of fused-ring (bicyclic) bond motifs is 1. The molecule has 0 amide bonds. The van der Waals surface area contributed by atoms with Crippen molar-refractivity contribution < 1.29 is 14.3 Å². The highest BCUT2D eigenvalue weighted by molar-refractivity contribution is 5.84. The van der Waals surface area contributed by atoms with E-state index in [9.17, 15) is 4.79 Å². The average molecular weight is 272 g/mol. The molecule has 104 valence electrons. The van der Waals surface area contributed by atoms with E-state index in [1.807, 2.05) is 12.1 Å². The van der Waals surface area contributed by atoms with Crippen molar-refractivity contribution in [2.75, 3.05) is 11.4 Å². The van der Waals surface area contributed by atoms with E-state index >= 15 is 0 Å². The molecule has 0 bridgehead atoms. The van der Waals surface area contributed by atoms with Crippen molar-refractivity contribution in [3.8, 4) is 0 Å². The first-order chi connectivity index (χ1) is 9.63. The quantitative estimate of drug-likeness (QED) is 0.930. The highest BCUT2D eigenvalue weighted by atomic mass is 16.4. The summed E-state index contributed by atoms with van der Waals surface area (Å²) >= 11 is 0. The molecule has 0 spiro atoms. The van der Waals surface area contributed by atoms with Crippen molar-refractivity contribution in [2.24, 2.45) is 5.92 Å². The summed E-state index contributed by atoms with van der Waals surface area (Å²) in [6, 6.07) is 8.28. The van der Waals surface area contributed by atoms with Crippen molar-refractivity contribution >= 4 is 11.7 Å². The Morgan fingerprint density at radius 1 is 1.50 bits per heavy atom. The van der Waals surface area contributed by atoms with Gasteiger partial charge >= 0.3 is 5.97 Å². The molecule has 2 aromatic rings. The van der Waals surface area contributed by atoms with Crippen LogP contribution < -0.4 is 4.90 Å². The lowest BCUT2D eigenvalue weighted by atomic mass is 9.94. The first-order valence-corrected chi connectivity index (χ1v) is 6.64. The van der Waals surface area contributed by atoms with Gasteiger partial charge < -0.3 is 14.4 Å². The summed E-state index contributed by atoms with van der Waals surface area (Å²) in [5.41, 5.74) is 2.45. The lowest BCUT2D eigenvalue weighted by Crippen LogP contribution is -2.33. The van der Waals surface area contributed by atoms with Gasteiger partial charge in [0.2, 0.25) is 5.89 Å². The zero-order valence-electron chi connectivity index (χ0n) is 11.2. The van der Waals surface area contributed by atoms with Crippen LogP contribution in [0.25, 0.3) is 0 Å². The molecule has 5 nitrogen and oxygen atoms in total. The normalized spacial score (nSPS) is 17.9. The van der Waals surface area contributed by atoms with Gasteiger partial charge in [0.1, 0.15) is 6.26 Å². The minimum atomic E-state index is -1.06. The maximum absolute atomic E-state index is 10.8. The van der Waals surface area contributed by atoms with Gasteiger partial charge in [-0.1, -0.05) is 25.1 Å². The Labute approximate surface area is 116 Å². The Bertz CT molecular complexity index is 636. The fraction of sp³-hybridized carbons (Fsp3) is 0.333. The third kappa shape index (κ3) is 2.39. The van der Waals surface area contributed by atoms with Crippen molar-refractivity contribution in [2.45, 2.75) is 19.9 Å². The second-order valence-electron chi connectivity index (χ2n) is 5.25. The molecule has 2 heterocycles. The number of carboxylic acids is 1. The molecular formula is C15H16N2O3. The summed E-state index contributed by atoms with van der Waals surface area (Å²) in [6.45, 7) is 3.62. The van der Waals surface area contributed by atoms with Gasteiger partial charge in [0.25, 0.3) is 0 Å². The van der Waals surface area contributed by atoms with Crippen LogP contribution in [0.3, 0.4) is 0 Å². The standard InChI is InChI=1S/C15H16N2O3/c1-10-6-11-4-2-3-5-13(11)17(7-10)8-14-16-12(9-20-14)15(18)19/h2-5,9-10H,6-8H2,1H3,(H,18,19)/t10-/m0/s1. The summed E-state index contributed by atoms with van der Waals surface area (Å²) < 4.78 is 5.25. The number of oxazole rings is 1. The van der Waals surface area contributed by atoms with Crippen LogP contribution in [0, 0.1) is 5.92 Å². The maximum Gasteiger partial charge on any atom is 0.357 e. The van der Waals surface area contributed by atoms with E-state index in [2.05, 4.69) is 28.9 Å². The molecule has 0 radical (unpaired) electrons. The number of aromatic carboxylic acids is 1. The number of carbonyl (C=O) groups is 1. The fourth-order valence-corrected chi connectivity index (χ4v) is 2.70. The second kappa shape index (κ2) is 5.00. The first-order valence-electron chi connectivity index (χ1n) is 6.64. The summed E-state index contributed by atoms with van der Waals surface area (Å²) in [4.78, 5) is 17.0. The number of hydrogen-bond donors (Lipinski definition) is 1. The van der Waals surface area contributed by atoms with E-state index in [1.54, 1.807) is 0 Å². The summed E-state index contributed by atoms with van der Waals surface area (Å²) in [5.74, 6) is -0.0717. The summed E-state index contributed by atoms with van der Waals surface area (Å²) in [7, 11) is 0. The number of hydrogen-bond acceptors (Lipinski definition) is 4. The Morgan fingerprint density at radius 3 is 3.05 bits per heavy atom. The van der Waals surface area contributed by atoms with E-state index < -0.39 is 5.97 Å². The average Bonchev–Trinajstić information content (AvgIpc) is 2.87. The fourth-order valence-electron chi connectivity index (χ4n) is 2.70. The topological polar surface area (TPSA) is 66.6 Å². The lowest BCUT2D eigenvalue weighted by molar-refractivity contribution is 0.0690. The SMILES string of the molecule is C[C@H]1Cc2ccccc2N(Cc2nc(C(=O)O)co2)C1. The van der Waals surface area contributed by atoms with Gasteiger partial charge in [-0.2, -0.15) is 0 Å². The number of anilines is 1. The molecule has 1 aliphatic rings. The molecule has 1 aromatic carbocycles. The van der Waals surface area contributed by atoms with Gasteiger partial charge in [0.05, 0.1) is 6.54 Å². The molecule has 3 rings (SSSR count). The van der Waals surface area contributed by atoms with Crippen LogP contribution in [0.2, 0.25) is 0 Å². The third-order valence-electron chi connectivity index (χ3n) is 3.53. The minimum absolute atomic E-state index is 0.0432. The highest BCUT2D eigenvalue weighted by Crippen LogP contribution is 2.30. The molecule has 1 aromatic heterocycles. The first kappa shape index (κ1) is 12.7. The zero-order valence-corrected chi connectivity index (χ0v) is 11.2. The van der Waals surface area contributed by atoms with Gasteiger partial charge in [0.15, 0.2) is 5.69 Å². The molecule has 0 saturated carbocycles. The number of carboxylic acid groups (broad SMARTS) is 1. The van der Waals surface area contributed by atoms with Crippen molar-refractivity contribution in [1.29, 1.82) is 0 Å². The van der Waals surface area contributed by atoms with Gasteiger partial charge in [-0.05, 0) is 24.0 Å². The van der Waals surface area contributed by atoms with E-state index in [4.69, 9.17) is 9.52 Å². The molecular weight excluding hydrogens is 256 g/mol. The van der Waals surface area contributed by atoms with Crippen LogP contribution in [0.1, 0.15) is 28.9 Å². The van der Waals surface area contributed by atoms with E-state index in [0.717, 1.165) is 13.0 Å². The molecule has 0 aliphatic carbocycles. The van der Waals surface area contributed by atoms with E-state index in [0.29, 0.717) is 18.4 Å². The monoisotopic (exact) mass is 272 g/mol. The largest absolute Gasteiger partial charge is 0.476 e. The zero-order chi connectivity index (χ0) is 14.1. The number of aromatic nitrogens is 1. The van der Waals surface area contributed by atoms with Crippen LogP contribution in [-0.4, -0.2) is 22.6 Å². The Morgan fingerprint density at radius 2 is 2.30 bits per heavy atom. The van der Waals surface area contributed by atoms with Gasteiger partial charge in [-0.3, -0.25) is 0 Å². The predicted molar refractivity (Wildman–Crippen MR) is 73.8 cm³/mol. The Kier molecular flexibility index (Phi) is 3.18. The Hall–Kier alpha value is -2.30. The number of nitrogens with zero attached hydrogens (tertiary/aromatic N) is 2. The number of para-hydroxylation sites is 1. The van der Waals surface area contributed by atoms with Crippen molar-refractivity contribution in [1.82, 2.24) is 4.98 Å². The predicted octanol–water partition coefficient (Wildman–Crippen LogP) is 2.57. The summed E-state index contributed by atoms with van der Waals surface area (Å²) in [5, 5.41) is 8.87. The number of benzene rings is 1. The van der Waals surface area contributed by atoms with Crippen LogP contribution in [-0.2, 0) is 13.0 Å². The maximum atomic E-state index is 10.8. The molecule has 1 N–H and O–H groups in total. The smallest absolute Gasteiger partial charge is 0.357 e. The summed E-state index contributed by atoms with van der Waals surface area (Å²) in [6.07, 6.45) is 2.26. The third-order valence-corrected chi connectivity index (χ3v) is 3.53. The van der Waals surface area contributed by atoms with Gasteiger partial charge in [0, 0.05) is 12.2 Å². The lowest BCUT2D eigenvalue weighted by Gasteiger charge is -2.33. The molecule has 5 heteroatoms. The molecule has 20 heavy (non-hydrogen) atoms. The van der Waals surface area contributed by atoms with Crippen LogP contribution in [0.15, 0.2) is 34.9 Å². The van der Waals surface area contributed by atoms with E-state index in [-0.39, 0.29) is 5.69 Å². The highest BCUT2D eigenvalue weighted by Gasteiger charge is 2.23. The van der Waals surface area contributed by atoms with Crippen molar-refractivity contribution in [3.05, 3.63) is 47.7 Å². The van der Waals surface area contributed by atoms with Gasteiger partial charge in [-0.15, -0.1) is 0 Å².